The zero-order chi connectivity index (χ0) is 25.4. The number of aromatic amines is 1. The van der Waals surface area contributed by atoms with Crippen LogP contribution < -0.4 is 10.6 Å². The van der Waals surface area contributed by atoms with Crippen LogP contribution >= 0.6 is 11.8 Å². The van der Waals surface area contributed by atoms with Gasteiger partial charge in [0.2, 0.25) is 5.91 Å². The number of carbonyl (C=O) groups is 3. The number of para-hydroxylation sites is 1. The van der Waals surface area contributed by atoms with Gasteiger partial charge in [0, 0.05) is 42.2 Å². The van der Waals surface area contributed by atoms with Gasteiger partial charge >= 0.3 is 6.09 Å². The number of hydrogen-bond donors (Lipinski definition) is 3. The van der Waals surface area contributed by atoms with E-state index in [1.165, 1.54) is 18.7 Å². The highest BCUT2D eigenvalue weighted by Crippen LogP contribution is 2.20. The van der Waals surface area contributed by atoms with Crippen LogP contribution in [0, 0.1) is 0 Å². The number of ether oxygens (including phenoxy) is 1. The molecule has 2 unspecified atom stereocenters. The molecule has 2 aromatic carbocycles. The second kappa shape index (κ2) is 11.9. The lowest BCUT2D eigenvalue weighted by Gasteiger charge is -2.25. The van der Waals surface area contributed by atoms with Gasteiger partial charge in [-0.3, -0.25) is 9.59 Å². The normalized spacial score (nSPS) is 13.1. The summed E-state index contributed by atoms with van der Waals surface area (Å²) < 4.78 is 5.42. The molecule has 3 rings (SSSR count). The van der Waals surface area contributed by atoms with Crippen molar-refractivity contribution in [1.29, 1.82) is 0 Å². The van der Waals surface area contributed by atoms with Crippen molar-refractivity contribution in [2.45, 2.75) is 58.2 Å². The van der Waals surface area contributed by atoms with Crippen LogP contribution in [0.4, 0.5) is 4.79 Å². The Balaban J connectivity index is 1.80. The molecule has 0 spiro atoms. The Morgan fingerprint density at radius 2 is 1.66 bits per heavy atom. The van der Waals surface area contributed by atoms with Gasteiger partial charge < -0.3 is 20.4 Å². The molecule has 1 aromatic heterocycles. The summed E-state index contributed by atoms with van der Waals surface area (Å²) in [5.41, 5.74) is 2.23. The summed E-state index contributed by atoms with van der Waals surface area (Å²) in [7, 11) is 0. The molecule has 0 saturated heterocycles. The van der Waals surface area contributed by atoms with Crippen molar-refractivity contribution < 1.29 is 19.1 Å². The van der Waals surface area contributed by atoms with E-state index in [2.05, 4.69) is 15.6 Å². The van der Waals surface area contributed by atoms with Gasteiger partial charge in [-0.1, -0.05) is 60.3 Å². The van der Waals surface area contributed by atoms with Crippen LogP contribution in [0.1, 0.15) is 38.8 Å². The van der Waals surface area contributed by atoms with Crippen molar-refractivity contribution in [3.8, 4) is 0 Å². The van der Waals surface area contributed by atoms with E-state index in [1.54, 1.807) is 20.8 Å². The number of amides is 2. The first-order chi connectivity index (χ1) is 16.6. The van der Waals surface area contributed by atoms with E-state index in [1.807, 2.05) is 60.8 Å². The average molecular weight is 496 g/mol. The lowest BCUT2D eigenvalue weighted by atomic mass is 10.0. The molecule has 0 fully saturated rings. The molecule has 0 saturated carbocycles. The van der Waals surface area contributed by atoms with E-state index in [0.29, 0.717) is 12.2 Å². The molecule has 0 radical (unpaired) electrons. The topological polar surface area (TPSA) is 100 Å². The molecule has 0 aliphatic rings. The van der Waals surface area contributed by atoms with Crippen LogP contribution in [0.5, 0.6) is 0 Å². The van der Waals surface area contributed by atoms with Crippen LogP contribution in [-0.2, 0) is 27.2 Å². The third kappa shape index (κ3) is 8.47. The maximum absolute atomic E-state index is 13.5. The smallest absolute Gasteiger partial charge is 0.408 e. The Hall–Kier alpha value is -3.26. The third-order valence-electron chi connectivity index (χ3n) is 5.27. The fraction of sp³-hybridized carbons (Fsp3) is 0.370. The molecule has 35 heavy (non-hydrogen) atoms. The fourth-order valence-electron chi connectivity index (χ4n) is 3.75. The minimum atomic E-state index is -0.857. The molecule has 0 bridgehead atoms. The Morgan fingerprint density at radius 1 is 0.971 bits per heavy atom. The number of aromatic nitrogens is 1. The van der Waals surface area contributed by atoms with Crippen molar-refractivity contribution >= 4 is 39.8 Å². The quantitative estimate of drug-likeness (QED) is 0.403. The molecule has 2 atom stereocenters. The Kier molecular flexibility index (Phi) is 8.98. The first kappa shape index (κ1) is 26.3. The van der Waals surface area contributed by atoms with Crippen molar-refractivity contribution in [3.63, 3.8) is 0 Å². The van der Waals surface area contributed by atoms with E-state index >= 15 is 0 Å². The highest BCUT2D eigenvalue weighted by atomic mass is 32.2. The minimum absolute atomic E-state index is 0.0143. The highest BCUT2D eigenvalue weighted by Gasteiger charge is 2.27. The lowest BCUT2D eigenvalue weighted by Crippen LogP contribution is -2.52. The van der Waals surface area contributed by atoms with Crippen molar-refractivity contribution in [2.75, 3.05) is 5.75 Å². The van der Waals surface area contributed by atoms with Gasteiger partial charge in [0.05, 0.1) is 0 Å². The number of thioether (sulfide) groups is 1. The largest absolute Gasteiger partial charge is 0.444 e. The van der Waals surface area contributed by atoms with Crippen LogP contribution in [0.15, 0.2) is 60.8 Å². The van der Waals surface area contributed by atoms with Gasteiger partial charge in [0.1, 0.15) is 11.6 Å². The summed E-state index contributed by atoms with van der Waals surface area (Å²) >= 11 is 1.17. The number of nitrogens with one attached hydrogen (secondary N) is 3. The van der Waals surface area contributed by atoms with Gasteiger partial charge in [0.15, 0.2) is 5.12 Å². The SMILES string of the molecule is CC(=O)SCC(Cc1ccccc1)NC(=O)C(Cc1c[nH]c2ccccc12)NC(=O)OC(C)(C)C. The Labute approximate surface area is 210 Å². The van der Waals surface area contributed by atoms with E-state index in [9.17, 15) is 14.4 Å². The molecule has 3 N–H and O–H groups in total. The summed E-state index contributed by atoms with van der Waals surface area (Å²) in [6, 6.07) is 16.5. The van der Waals surface area contributed by atoms with Crippen LogP contribution in [0.3, 0.4) is 0 Å². The summed E-state index contributed by atoms with van der Waals surface area (Å²) in [5, 5.41) is 6.78. The second-order valence-electron chi connectivity index (χ2n) is 9.46. The number of hydrogen-bond acceptors (Lipinski definition) is 5. The zero-order valence-electron chi connectivity index (χ0n) is 20.6. The molecular formula is C27H33N3O4S. The molecule has 7 nitrogen and oxygen atoms in total. The van der Waals surface area contributed by atoms with E-state index in [0.717, 1.165) is 22.0 Å². The maximum atomic E-state index is 13.5. The zero-order valence-corrected chi connectivity index (χ0v) is 21.4. The average Bonchev–Trinajstić information content (AvgIpc) is 3.19. The summed E-state index contributed by atoms with van der Waals surface area (Å²) in [6.07, 6.45) is 2.05. The van der Waals surface area contributed by atoms with Crippen LogP contribution in [0.25, 0.3) is 10.9 Å². The molecule has 2 amide bonds. The molecule has 0 aliphatic carbocycles. The lowest BCUT2D eigenvalue weighted by molar-refractivity contribution is -0.123. The highest BCUT2D eigenvalue weighted by molar-refractivity contribution is 8.13. The Morgan fingerprint density at radius 3 is 2.34 bits per heavy atom. The van der Waals surface area contributed by atoms with E-state index in [-0.39, 0.29) is 23.5 Å². The first-order valence-electron chi connectivity index (χ1n) is 11.6. The predicted octanol–water partition coefficient (Wildman–Crippen LogP) is 4.61. The molecule has 3 aromatic rings. The number of H-pyrrole nitrogens is 1. The van der Waals surface area contributed by atoms with Crippen LogP contribution in [-0.4, -0.2) is 45.5 Å². The number of alkyl carbamates (subject to hydrolysis) is 1. The second-order valence-corrected chi connectivity index (χ2v) is 10.7. The summed E-state index contributed by atoms with van der Waals surface area (Å²) in [5.74, 6) is 0.105. The van der Waals surface area contributed by atoms with Crippen molar-refractivity contribution in [1.82, 2.24) is 15.6 Å². The van der Waals surface area contributed by atoms with Crippen molar-refractivity contribution in [2.24, 2.45) is 0 Å². The fourth-order valence-corrected chi connectivity index (χ4v) is 4.39. The number of rotatable bonds is 9. The van der Waals surface area contributed by atoms with Gasteiger partial charge in [-0.2, -0.15) is 0 Å². The van der Waals surface area contributed by atoms with Gasteiger partial charge in [-0.25, -0.2) is 4.79 Å². The van der Waals surface area contributed by atoms with E-state index in [4.69, 9.17) is 4.74 Å². The monoisotopic (exact) mass is 495 g/mol. The maximum Gasteiger partial charge on any atom is 0.408 e. The number of benzene rings is 2. The van der Waals surface area contributed by atoms with Gasteiger partial charge in [-0.05, 0) is 44.4 Å². The molecular weight excluding hydrogens is 462 g/mol. The van der Waals surface area contributed by atoms with Crippen molar-refractivity contribution in [3.05, 3.63) is 71.9 Å². The molecule has 186 valence electrons. The number of fused-ring (bicyclic) bond motifs is 1. The minimum Gasteiger partial charge on any atom is -0.444 e. The predicted molar refractivity (Wildman–Crippen MR) is 140 cm³/mol. The number of carbonyl (C=O) groups excluding carboxylic acids is 3. The molecule has 8 heteroatoms. The third-order valence-corrected chi connectivity index (χ3v) is 6.24. The van der Waals surface area contributed by atoms with Gasteiger partial charge in [0.25, 0.3) is 0 Å². The molecule has 0 aliphatic heterocycles. The van der Waals surface area contributed by atoms with E-state index < -0.39 is 17.7 Å². The summed E-state index contributed by atoms with van der Waals surface area (Å²) in [6.45, 7) is 6.83. The summed E-state index contributed by atoms with van der Waals surface area (Å²) in [4.78, 5) is 40.9. The van der Waals surface area contributed by atoms with Gasteiger partial charge in [-0.15, -0.1) is 0 Å². The standard InChI is InChI=1S/C27H33N3O4S/c1-18(31)35-17-21(14-19-10-6-5-7-11-19)29-25(32)24(30-26(33)34-27(2,3)4)15-20-16-28-23-13-9-8-12-22(20)23/h5-13,16,21,24,28H,14-15,17H2,1-4H3,(H,29,32)(H,30,33). The molecule has 1 heterocycles. The first-order valence-corrected chi connectivity index (χ1v) is 12.6. The Bertz CT molecular complexity index is 1150. The van der Waals surface area contributed by atoms with Crippen LogP contribution in [0.2, 0.25) is 0 Å².